The van der Waals surface area contributed by atoms with Crippen LogP contribution in [-0.4, -0.2) is 100 Å². The molecule has 1 aliphatic heterocycles. The van der Waals surface area contributed by atoms with Gasteiger partial charge < -0.3 is 34.9 Å². The van der Waals surface area contributed by atoms with E-state index in [1.807, 2.05) is 6.92 Å². The zero-order chi connectivity index (χ0) is 29.9. The topological polar surface area (TPSA) is 107 Å². The molecular weight excluding hydrogens is 530 g/mol. The number of carbonyl (C=O) groups excluding carboxylic acids is 2. The van der Waals surface area contributed by atoms with Crippen molar-refractivity contribution in [2.45, 2.75) is 97.4 Å². The standard InChI is InChI=1S/C30H59N3O6S/c1-24(2)10-8-15-38-21-29(6,7)22-39-16-9-13-32-28(35)30(23-40-30)12-11-26(5)33-27(34)20-37-19-18-36-17-14-31-25(3)4/h24-26,31H,8-23H2,1-7H3,(H,32,35)(H,33,34). The van der Waals surface area contributed by atoms with Crippen molar-refractivity contribution in [3.63, 3.8) is 0 Å². The molecule has 3 N–H and O–H groups in total. The molecule has 0 aromatic carbocycles. The third-order valence-electron chi connectivity index (χ3n) is 6.51. The van der Waals surface area contributed by atoms with Gasteiger partial charge in [-0.2, -0.15) is 0 Å². The van der Waals surface area contributed by atoms with Gasteiger partial charge in [-0.1, -0.05) is 41.5 Å². The number of rotatable bonds is 26. The van der Waals surface area contributed by atoms with E-state index in [2.05, 4.69) is 57.5 Å². The molecule has 1 aliphatic rings. The first-order valence-electron chi connectivity index (χ1n) is 15.2. The van der Waals surface area contributed by atoms with Crippen LogP contribution < -0.4 is 16.0 Å². The van der Waals surface area contributed by atoms with Gasteiger partial charge >= 0.3 is 0 Å². The van der Waals surface area contributed by atoms with Gasteiger partial charge in [-0.25, -0.2) is 0 Å². The average Bonchev–Trinajstić information content (AvgIpc) is 3.67. The van der Waals surface area contributed by atoms with Crippen LogP contribution >= 0.6 is 11.8 Å². The highest BCUT2D eigenvalue weighted by atomic mass is 32.2. The molecule has 1 rings (SSSR count). The average molecular weight is 590 g/mol. The van der Waals surface area contributed by atoms with Gasteiger partial charge in [-0.05, 0) is 44.9 Å². The van der Waals surface area contributed by atoms with E-state index in [9.17, 15) is 9.59 Å². The Balaban J connectivity index is 2.07. The molecule has 40 heavy (non-hydrogen) atoms. The summed E-state index contributed by atoms with van der Waals surface area (Å²) in [6, 6.07) is 0.424. The van der Waals surface area contributed by atoms with Gasteiger partial charge in [0.25, 0.3) is 0 Å². The lowest BCUT2D eigenvalue weighted by atomic mass is 9.96. The van der Waals surface area contributed by atoms with Crippen molar-refractivity contribution >= 4 is 23.6 Å². The smallest absolute Gasteiger partial charge is 0.246 e. The minimum atomic E-state index is -0.354. The van der Waals surface area contributed by atoms with E-state index in [4.69, 9.17) is 18.9 Å². The van der Waals surface area contributed by atoms with Gasteiger partial charge in [0.15, 0.2) is 0 Å². The van der Waals surface area contributed by atoms with Gasteiger partial charge in [0, 0.05) is 49.6 Å². The zero-order valence-electron chi connectivity index (χ0n) is 26.4. The Hall–Kier alpha value is -0.910. The number of carbonyl (C=O) groups is 2. The van der Waals surface area contributed by atoms with Crippen LogP contribution in [0, 0.1) is 11.3 Å². The molecule has 0 aliphatic carbocycles. The summed E-state index contributed by atoms with van der Waals surface area (Å²) in [5, 5.41) is 9.31. The predicted molar refractivity (Wildman–Crippen MR) is 164 cm³/mol. The first-order valence-corrected chi connectivity index (χ1v) is 16.2. The molecular formula is C30H59N3O6S. The van der Waals surface area contributed by atoms with Crippen molar-refractivity contribution in [2.24, 2.45) is 11.3 Å². The summed E-state index contributed by atoms with van der Waals surface area (Å²) in [5.41, 5.74) is -0.0206. The summed E-state index contributed by atoms with van der Waals surface area (Å²) in [4.78, 5) is 24.9. The number of thioether (sulfide) groups is 1. The lowest BCUT2D eigenvalue weighted by molar-refractivity contribution is -0.126. The molecule has 0 spiro atoms. The van der Waals surface area contributed by atoms with Gasteiger partial charge in [-0.3, -0.25) is 9.59 Å². The Morgan fingerprint density at radius 1 is 0.850 bits per heavy atom. The fourth-order valence-electron chi connectivity index (χ4n) is 3.99. The van der Waals surface area contributed by atoms with Crippen LogP contribution in [0.2, 0.25) is 0 Å². The van der Waals surface area contributed by atoms with E-state index in [-0.39, 0.29) is 34.6 Å². The second kappa shape index (κ2) is 20.9. The first-order chi connectivity index (χ1) is 19.0. The molecule has 1 heterocycles. The summed E-state index contributed by atoms with van der Waals surface area (Å²) in [7, 11) is 0. The monoisotopic (exact) mass is 589 g/mol. The van der Waals surface area contributed by atoms with Crippen molar-refractivity contribution in [1.82, 2.24) is 16.0 Å². The van der Waals surface area contributed by atoms with Crippen molar-refractivity contribution in [3.05, 3.63) is 0 Å². The molecule has 0 saturated carbocycles. The summed E-state index contributed by atoms with van der Waals surface area (Å²) in [6.07, 6.45) is 4.57. The van der Waals surface area contributed by atoms with E-state index >= 15 is 0 Å². The van der Waals surface area contributed by atoms with Crippen LogP contribution in [0.1, 0.15) is 80.6 Å². The Morgan fingerprint density at radius 2 is 1.50 bits per heavy atom. The normalized spacial score (nSPS) is 17.8. The molecule has 236 valence electrons. The zero-order valence-corrected chi connectivity index (χ0v) is 27.2. The number of hydrogen-bond donors (Lipinski definition) is 3. The van der Waals surface area contributed by atoms with Gasteiger partial charge in [-0.15, -0.1) is 11.8 Å². The molecule has 0 aromatic heterocycles. The van der Waals surface area contributed by atoms with Crippen LogP contribution in [0.15, 0.2) is 0 Å². The molecule has 1 saturated heterocycles. The third-order valence-corrected chi connectivity index (χ3v) is 7.88. The highest BCUT2D eigenvalue weighted by molar-refractivity contribution is 8.08. The Bertz CT molecular complexity index is 688. The first kappa shape index (κ1) is 37.1. The maximum absolute atomic E-state index is 12.8. The largest absolute Gasteiger partial charge is 0.381 e. The second-order valence-electron chi connectivity index (χ2n) is 12.5. The Morgan fingerprint density at radius 3 is 2.12 bits per heavy atom. The summed E-state index contributed by atoms with van der Waals surface area (Å²) < 4.78 is 22.2. The molecule has 2 amide bonds. The minimum Gasteiger partial charge on any atom is -0.381 e. The van der Waals surface area contributed by atoms with Crippen LogP contribution in [-0.2, 0) is 28.5 Å². The van der Waals surface area contributed by atoms with E-state index in [0.717, 1.165) is 50.5 Å². The Kier molecular flexibility index (Phi) is 19.4. The molecule has 10 heteroatoms. The fourth-order valence-corrected chi connectivity index (χ4v) is 4.90. The van der Waals surface area contributed by atoms with Crippen LogP contribution in [0.25, 0.3) is 0 Å². The van der Waals surface area contributed by atoms with Crippen molar-refractivity contribution in [1.29, 1.82) is 0 Å². The number of ether oxygens (including phenoxy) is 4. The number of amides is 2. The van der Waals surface area contributed by atoms with Crippen molar-refractivity contribution in [2.75, 3.05) is 71.7 Å². The fraction of sp³-hybridized carbons (Fsp3) is 0.933. The number of hydrogen-bond acceptors (Lipinski definition) is 8. The van der Waals surface area contributed by atoms with Gasteiger partial charge in [0.1, 0.15) is 11.4 Å². The molecule has 0 aromatic rings. The summed E-state index contributed by atoms with van der Waals surface area (Å²) >= 11 is 1.68. The minimum absolute atomic E-state index is 0.0168. The highest BCUT2D eigenvalue weighted by Gasteiger charge is 2.50. The molecule has 2 atom stereocenters. The maximum Gasteiger partial charge on any atom is 0.246 e. The third kappa shape index (κ3) is 19.3. The van der Waals surface area contributed by atoms with Gasteiger partial charge in [0.05, 0.1) is 33.0 Å². The van der Waals surface area contributed by atoms with Crippen molar-refractivity contribution in [3.8, 4) is 0 Å². The number of nitrogens with one attached hydrogen (secondary N) is 3. The molecule has 0 bridgehead atoms. The SMILES string of the molecule is CC(C)CCCOCC(C)(C)COCCCNC(=O)C1(CCC(C)NC(=O)COCCOCCNC(C)C)CS1. The van der Waals surface area contributed by atoms with Gasteiger partial charge in [0.2, 0.25) is 11.8 Å². The van der Waals surface area contributed by atoms with E-state index in [1.165, 1.54) is 6.42 Å². The molecule has 0 radical (unpaired) electrons. The lowest BCUT2D eigenvalue weighted by Crippen LogP contribution is -2.40. The van der Waals surface area contributed by atoms with Crippen LogP contribution in [0.5, 0.6) is 0 Å². The van der Waals surface area contributed by atoms with E-state index in [0.29, 0.717) is 52.2 Å². The maximum atomic E-state index is 12.8. The quantitative estimate of drug-likeness (QED) is 0.103. The second-order valence-corrected chi connectivity index (χ2v) is 13.8. The van der Waals surface area contributed by atoms with E-state index in [1.54, 1.807) is 11.8 Å². The predicted octanol–water partition coefficient (Wildman–Crippen LogP) is 3.79. The van der Waals surface area contributed by atoms with Crippen LogP contribution in [0.3, 0.4) is 0 Å². The molecule has 9 nitrogen and oxygen atoms in total. The molecule has 2 unspecified atom stereocenters. The molecule has 1 fully saturated rings. The summed E-state index contributed by atoms with van der Waals surface area (Å²) in [6.45, 7) is 20.6. The highest BCUT2D eigenvalue weighted by Crippen LogP contribution is 2.48. The Labute approximate surface area is 248 Å². The van der Waals surface area contributed by atoms with Crippen molar-refractivity contribution < 1.29 is 28.5 Å². The summed E-state index contributed by atoms with van der Waals surface area (Å²) in [5.74, 6) is 1.50. The van der Waals surface area contributed by atoms with E-state index < -0.39 is 0 Å². The van der Waals surface area contributed by atoms with Crippen LogP contribution in [0.4, 0.5) is 0 Å². The lowest BCUT2D eigenvalue weighted by Gasteiger charge is -2.24.